The smallest absolute Gasteiger partial charge is 0.343 e. The van der Waals surface area contributed by atoms with Gasteiger partial charge in [-0.15, -0.1) is 5.10 Å². The van der Waals surface area contributed by atoms with Gasteiger partial charge in [0.1, 0.15) is 0 Å². The van der Waals surface area contributed by atoms with Crippen molar-refractivity contribution in [1.82, 2.24) is 20.1 Å². The van der Waals surface area contributed by atoms with Crippen LogP contribution in [0.3, 0.4) is 0 Å². The third kappa shape index (κ3) is 3.23. The minimum absolute atomic E-state index is 0.0613. The van der Waals surface area contributed by atoms with Crippen LogP contribution in [0.15, 0.2) is 4.79 Å². The van der Waals surface area contributed by atoms with Gasteiger partial charge in [-0.3, -0.25) is 9.78 Å². The van der Waals surface area contributed by atoms with Gasteiger partial charge in [0.15, 0.2) is 0 Å². The first kappa shape index (κ1) is 11.5. The molecule has 1 heterocycles. The molecule has 1 amide bonds. The van der Waals surface area contributed by atoms with Gasteiger partial charge in [-0.1, -0.05) is 13.8 Å². The van der Waals surface area contributed by atoms with Crippen molar-refractivity contribution >= 4 is 5.91 Å². The molecule has 0 bridgehead atoms. The summed E-state index contributed by atoms with van der Waals surface area (Å²) < 4.78 is 1.09. The molecule has 0 aliphatic carbocycles. The molecule has 0 spiro atoms. The number of aromatic nitrogens is 3. The molecule has 0 aliphatic heterocycles. The Hall–Kier alpha value is -1.59. The Balaban J connectivity index is 2.51. The van der Waals surface area contributed by atoms with Crippen molar-refractivity contribution in [3.05, 3.63) is 16.3 Å². The van der Waals surface area contributed by atoms with Crippen molar-refractivity contribution in [1.29, 1.82) is 0 Å². The number of amides is 1. The maximum Gasteiger partial charge on any atom is 0.343 e. The fourth-order valence-electron chi connectivity index (χ4n) is 1.06. The van der Waals surface area contributed by atoms with Crippen LogP contribution in [-0.2, 0) is 7.05 Å². The Labute approximate surface area is 87.7 Å². The summed E-state index contributed by atoms with van der Waals surface area (Å²) >= 11 is 0. The highest BCUT2D eigenvalue weighted by Gasteiger charge is 2.10. The van der Waals surface area contributed by atoms with E-state index in [2.05, 4.69) is 29.2 Å². The van der Waals surface area contributed by atoms with Crippen LogP contribution in [0.4, 0.5) is 0 Å². The van der Waals surface area contributed by atoms with Crippen molar-refractivity contribution in [3.8, 4) is 0 Å². The first-order valence-electron chi connectivity index (χ1n) is 4.92. The van der Waals surface area contributed by atoms with Crippen LogP contribution in [0.1, 0.15) is 30.9 Å². The average molecular weight is 212 g/mol. The van der Waals surface area contributed by atoms with Gasteiger partial charge in [-0.2, -0.15) is 0 Å². The second kappa shape index (κ2) is 4.77. The van der Waals surface area contributed by atoms with Gasteiger partial charge in [-0.05, 0) is 12.3 Å². The monoisotopic (exact) mass is 212 g/mol. The molecule has 2 N–H and O–H groups in total. The van der Waals surface area contributed by atoms with Gasteiger partial charge < -0.3 is 5.32 Å². The minimum atomic E-state index is -0.385. The number of carbonyl (C=O) groups is 1. The van der Waals surface area contributed by atoms with Crippen molar-refractivity contribution in [2.45, 2.75) is 20.3 Å². The van der Waals surface area contributed by atoms with Gasteiger partial charge in [-0.25, -0.2) is 9.48 Å². The van der Waals surface area contributed by atoms with Gasteiger partial charge in [0.25, 0.3) is 5.91 Å². The first-order valence-corrected chi connectivity index (χ1v) is 4.92. The first-order chi connectivity index (χ1) is 7.00. The standard InChI is InChI=1S/C9H16N4O2/c1-6(2)4-5-10-8(14)7-11-9(15)13(3)12-7/h6H,4-5H2,1-3H3,(H,10,14)(H,11,12,15). The molecule has 0 atom stereocenters. The van der Waals surface area contributed by atoms with E-state index in [0.717, 1.165) is 11.1 Å². The highest BCUT2D eigenvalue weighted by Crippen LogP contribution is 1.96. The van der Waals surface area contributed by atoms with Crippen LogP contribution in [0.25, 0.3) is 0 Å². The topological polar surface area (TPSA) is 79.8 Å². The number of hydrogen-bond acceptors (Lipinski definition) is 3. The molecule has 84 valence electrons. The molecule has 6 nitrogen and oxygen atoms in total. The van der Waals surface area contributed by atoms with E-state index in [1.807, 2.05) is 0 Å². The summed E-state index contributed by atoms with van der Waals surface area (Å²) in [5.74, 6) is 0.257. The fourth-order valence-corrected chi connectivity index (χ4v) is 1.06. The third-order valence-corrected chi connectivity index (χ3v) is 1.99. The number of carbonyl (C=O) groups excluding carboxylic acids is 1. The van der Waals surface area contributed by atoms with Crippen LogP contribution in [0, 0.1) is 5.92 Å². The molecule has 0 saturated carbocycles. The molecule has 6 heteroatoms. The highest BCUT2D eigenvalue weighted by molar-refractivity contribution is 5.90. The molecule has 0 unspecified atom stereocenters. The van der Waals surface area contributed by atoms with E-state index in [1.54, 1.807) is 0 Å². The largest absolute Gasteiger partial charge is 0.349 e. The van der Waals surface area contributed by atoms with E-state index in [1.165, 1.54) is 7.05 Å². The summed E-state index contributed by atoms with van der Waals surface area (Å²) in [6, 6.07) is 0. The normalized spacial score (nSPS) is 10.7. The van der Waals surface area contributed by atoms with E-state index < -0.39 is 0 Å². The number of rotatable bonds is 4. The van der Waals surface area contributed by atoms with Crippen LogP contribution in [0.2, 0.25) is 0 Å². The molecule has 15 heavy (non-hydrogen) atoms. The molecular formula is C9H16N4O2. The zero-order valence-electron chi connectivity index (χ0n) is 9.20. The van der Waals surface area contributed by atoms with Crippen molar-refractivity contribution in [2.75, 3.05) is 6.54 Å². The third-order valence-electron chi connectivity index (χ3n) is 1.99. The second-order valence-electron chi connectivity index (χ2n) is 3.84. The van der Waals surface area contributed by atoms with Crippen LogP contribution >= 0.6 is 0 Å². The lowest BCUT2D eigenvalue weighted by molar-refractivity contribution is 0.0941. The van der Waals surface area contributed by atoms with Gasteiger partial charge in [0.05, 0.1) is 0 Å². The van der Waals surface area contributed by atoms with Gasteiger partial charge in [0, 0.05) is 13.6 Å². The maximum atomic E-state index is 11.4. The summed E-state index contributed by atoms with van der Waals surface area (Å²) in [6.45, 7) is 4.75. The maximum absolute atomic E-state index is 11.4. The molecule has 0 radical (unpaired) electrons. The molecule has 0 aromatic carbocycles. The van der Waals surface area contributed by atoms with E-state index in [-0.39, 0.29) is 17.4 Å². The van der Waals surface area contributed by atoms with E-state index in [9.17, 15) is 9.59 Å². The summed E-state index contributed by atoms with van der Waals surface area (Å²) in [7, 11) is 1.49. The SMILES string of the molecule is CC(C)CCNC(=O)c1nn(C)c(=O)[nH]1. The van der Waals surface area contributed by atoms with E-state index in [4.69, 9.17) is 0 Å². The number of hydrogen-bond donors (Lipinski definition) is 2. The molecule has 1 aromatic rings. The number of H-pyrrole nitrogens is 1. The quantitative estimate of drug-likeness (QED) is 0.730. The minimum Gasteiger partial charge on any atom is -0.349 e. The summed E-state index contributed by atoms with van der Waals surface area (Å²) in [4.78, 5) is 24.8. The van der Waals surface area contributed by atoms with Crippen LogP contribution in [-0.4, -0.2) is 27.2 Å². The van der Waals surface area contributed by atoms with Crippen molar-refractivity contribution in [3.63, 3.8) is 0 Å². The van der Waals surface area contributed by atoms with Crippen molar-refractivity contribution < 1.29 is 4.79 Å². The van der Waals surface area contributed by atoms with E-state index in [0.29, 0.717) is 12.5 Å². The molecule has 1 aromatic heterocycles. The molecular weight excluding hydrogens is 196 g/mol. The van der Waals surface area contributed by atoms with E-state index >= 15 is 0 Å². The van der Waals surface area contributed by atoms with Crippen LogP contribution < -0.4 is 11.0 Å². The predicted molar refractivity (Wildman–Crippen MR) is 55.6 cm³/mol. The zero-order chi connectivity index (χ0) is 11.4. The Bertz CT molecular complexity index is 391. The number of aromatic amines is 1. The van der Waals surface area contributed by atoms with Gasteiger partial charge in [0.2, 0.25) is 5.82 Å². The lowest BCUT2D eigenvalue weighted by Gasteiger charge is -2.04. The molecule has 0 saturated heterocycles. The lowest BCUT2D eigenvalue weighted by Crippen LogP contribution is -2.26. The second-order valence-corrected chi connectivity index (χ2v) is 3.84. The fraction of sp³-hybridized carbons (Fsp3) is 0.667. The molecule has 1 rings (SSSR count). The molecule has 0 aliphatic rings. The summed E-state index contributed by atoms with van der Waals surface area (Å²) in [5, 5.41) is 6.43. The zero-order valence-corrected chi connectivity index (χ0v) is 9.20. The predicted octanol–water partition coefficient (Wildman–Crippen LogP) is -0.116. The summed E-state index contributed by atoms with van der Waals surface area (Å²) in [6.07, 6.45) is 0.906. The van der Waals surface area contributed by atoms with Crippen LogP contribution in [0.5, 0.6) is 0 Å². The van der Waals surface area contributed by atoms with Gasteiger partial charge >= 0.3 is 5.69 Å². The Morgan fingerprint density at radius 1 is 1.60 bits per heavy atom. The Morgan fingerprint density at radius 3 is 2.73 bits per heavy atom. The number of nitrogens with one attached hydrogen (secondary N) is 2. The van der Waals surface area contributed by atoms with Crippen molar-refractivity contribution in [2.24, 2.45) is 13.0 Å². The molecule has 0 fully saturated rings. The number of aryl methyl sites for hydroxylation is 1. The Morgan fingerprint density at radius 2 is 2.27 bits per heavy atom. The number of nitrogens with zero attached hydrogens (tertiary/aromatic N) is 2. The summed E-state index contributed by atoms with van der Waals surface area (Å²) in [5.41, 5.74) is -0.385. The lowest BCUT2D eigenvalue weighted by atomic mass is 10.1. The Kier molecular flexibility index (Phi) is 3.65. The average Bonchev–Trinajstić information content (AvgIpc) is 2.46. The highest BCUT2D eigenvalue weighted by atomic mass is 16.2.